The number of hydrogen-bond acceptors (Lipinski definition) is 5. The molecule has 0 radical (unpaired) electrons. The fourth-order valence-electron chi connectivity index (χ4n) is 9.08. The number of unbranched alkanes of at least 4 members (excludes halogenated alkanes) is 40. The van der Waals surface area contributed by atoms with E-state index in [-0.39, 0.29) is 18.5 Å². The Labute approximate surface area is 417 Å². The zero-order valence-corrected chi connectivity index (χ0v) is 44.9. The van der Waals surface area contributed by atoms with Crippen LogP contribution in [0.5, 0.6) is 0 Å². The van der Waals surface area contributed by atoms with Crippen LogP contribution in [0.3, 0.4) is 0 Å². The van der Waals surface area contributed by atoms with Crippen molar-refractivity contribution in [2.24, 2.45) is 0 Å². The smallest absolute Gasteiger partial charge is 0.305 e. The van der Waals surface area contributed by atoms with Gasteiger partial charge in [0.05, 0.1) is 25.4 Å². The quantitative estimate of drug-likeness (QED) is 0.0321. The molecule has 0 saturated carbocycles. The monoisotopic (exact) mass is 942 g/mol. The molecule has 0 spiro atoms. The molecule has 0 aliphatic rings. The molecule has 0 aromatic heterocycles. The summed E-state index contributed by atoms with van der Waals surface area (Å²) in [4.78, 5) is 24.5. The van der Waals surface area contributed by atoms with E-state index in [2.05, 4.69) is 43.5 Å². The van der Waals surface area contributed by atoms with E-state index in [9.17, 15) is 19.8 Å². The first-order chi connectivity index (χ1) is 33.0. The van der Waals surface area contributed by atoms with E-state index < -0.39 is 12.1 Å². The van der Waals surface area contributed by atoms with Crippen molar-refractivity contribution in [3.05, 3.63) is 36.5 Å². The molecule has 0 aromatic carbocycles. The highest BCUT2D eigenvalue weighted by atomic mass is 16.5. The number of aliphatic hydroxyl groups is 2. The van der Waals surface area contributed by atoms with E-state index in [1.54, 1.807) is 6.08 Å². The van der Waals surface area contributed by atoms with E-state index in [1.807, 2.05) is 6.08 Å². The van der Waals surface area contributed by atoms with Crippen molar-refractivity contribution < 1.29 is 24.5 Å². The third kappa shape index (κ3) is 53.3. The van der Waals surface area contributed by atoms with Gasteiger partial charge in [0, 0.05) is 12.8 Å². The van der Waals surface area contributed by atoms with Gasteiger partial charge in [-0.05, 0) is 64.2 Å². The van der Waals surface area contributed by atoms with Crippen molar-refractivity contribution in [2.45, 2.75) is 328 Å². The Kier molecular flexibility index (Phi) is 55.0. The van der Waals surface area contributed by atoms with E-state index in [0.29, 0.717) is 19.4 Å². The van der Waals surface area contributed by atoms with Crippen LogP contribution in [0.25, 0.3) is 0 Å². The average molecular weight is 943 g/mol. The van der Waals surface area contributed by atoms with Gasteiger partial charge in [0.15, 0.2) is 0 Å². The first-order valence-electron chi connectivity index (χ1n) is 29.8. The molecule has 1 amide bonds. The van der Waals surface area contributed by atoms with Crippen molar-refractivity contribution in [3.63, 3.8) is 0 Å². The van der Waals surface area contributed by atoms with Gasteiger partial charge in [0.25, 0.3) is 0 Å². The van der Waals surface area contributed by atoms with Gasteiger partial charge < -0.3 is 20.3 Å². The summed E-state index contributed by atoms with van der Waals surface area (Å²) in [6.07, 6.45) is 70.3. The maximum atomic E-state index is 12.4. The maximum Gasteiger partial charge on any atom is 0.305 e. The summed E-state index contributed by atoms with van der Waals surface area (Å²) in [5, 5.41) is 23.1. The molecule has 67 heavy (non-hydrogen) atoms. The summed E-state index contributed by atoms with van der Waals surface area (Å²) in [7, 11) is 0. The van der Waals surface area contributed by atoms with Gasteiger partial charge in [0.1, 0.15) is 0 Å². The standard InChI is InChI=1S/C61H115NO5/c1-3-5-7-9-11-13-15-17-31-35-39-43-47-51-55-61(66)67-56-52-48-44-40-36-32-28-26-24-22-20-18-19-21-23-25-27-30-34-38-42-46-50-54-60(65)62-58(57-63)59(64)53-49-45-41-37-33-29-16-14-12-10-8-6-4-2/h18,20-21,23,49,53,58-59,63-64H,3-17,19,22,24-48,50-52,54-57H2,1-2H3,(H,62,65)/b20-18-,23-21-,53-49+. The van der Waals surface area contributed by atoms with Gasteiger partial charge in [0.2, 0.25) is 5.91 Å². The van der Waals surface area contributed by atoms with Crippen LogP contribution in [0.1, 0.15) is 316 Å². The molecule has 394 valence electrons. The lowest BCUT2D eigenvalue weighted by atomic mass is 10.0. The summed E-state index contributed by atoms with van der Waals surface area (Å²) in [5.41, 5.74) is 0. The summed E-state index contributed by atoms with van der Waals surface area (Å²) in [5.74, 6) is -0.0699. The van der Waals surface area contributed by atoms with E-state index in [0.717, 1.165) is 57.8 Å². The fraction of sp³-hybridized carbons (Fsp3) is 0.869. The van der Waals surface area contributed by atoms with Crippen molar-refractivity contribution in [2.75, 3.05) is 13.2 Å². The van der Waals surface area contributed by atoms with Gasteiger partial charge in [-0.15, -0.1) is 0 Å². The van der Waals surface area contributed by atoms with Gasteiger partial charge in [-0.25, -0.2) is 0 Å². The highest BCUT2D eigenvalue weighted by Gasteiger charge is 2.18. The number of amides is 1. The molecule has 0 bridgehead atoms. The first kappa shape index (κ1) is 65.1. The van der Waals surface area contributed by atoms with Gasteiger partial charge in [-0.3, -0.25) is 9.59 Å². The molecule has 0 aromatic rings. The number of carbonyl (C=O) groups excluding carboxylic acids is 2. The summed E-state index contributed by atoms with van der Waals surface area (Å²) in [6, 6.07) is -0.635. The molecular formula is C61H115NO5. The van der Waals surface area contributed by atoms with Crippen LogP contribution in [0.2, 0.25) is 0 Å². The molecule has 0 rings (SSSR count). The van der Waals surface area contributed by atoms with Crippen LogP contribution in [-0.2, 0) is 14.3 Å². The predicted octanol–water partition coefficient (Wildman–Crippen LogP) is 18.4. The normalized spacial score (nSPS) is 12.8. The SMILES string of the molecule is CCCCCCCCCCCCC/C=C/C(O)C(CO)NC(=O)CCCCCCCCC/C=C\C/C=C\CCCCCCCCCCCOC(=O)CCCCCCCCCCCCCCCC. The fourth-order valence-corrected chi connectivity index (χ4v) is 9.08. The topological polar surface area (TPSA) is 95.9 Å². The zero-order chi connectivity index (χ0) is 48.6. The molecule has 0 fully saturated rings. The zero-order valence-electron chi connectivity index (χ0n) is 44.9. The van der Waals surface area contributed by atoms with Crippen LogP contribution in [0.4, 0.5) is 0 Å². The number of aliphatic hydroxyl groups excluding tert-OH is 2. The largest absolute Gasteiger partial charge is 0.466 e. The second kappa shape index (κ2) is 56.7. The average Bonchev–Trinajstić information content (AvgIpc) is 3.33. The number of esters is 1. The van der Waals surface area contributed by atoms with Crippen LogP contribution in [0, 0.1) is 0 Å². The Morgan fingerprint density at radius 2 is 0.746 bits per heavy atom. The minimum atomic E-state index is -0.850. The van der Waals surface area contributed by atoms with E-state index in [4.69, 9.17) is 4.74 Å². The molecule has 6 nitrogen and oxygen atoms in total. The third-order valence-electron chi connectivity index (χ3n) is 13.7. The van der Waals surface area contributed by atoms with Crippen molar-refractivity contribution in [1.29, 1.82) is 0 Å². The number of nitrogens with one attached hydrogen (secondary N) is 1. The number of ether oxygens (including phenoxy) is 1. The molecule has 6 heteroatoms. The first-order valence-corrected chi connectivity index (χ1v) is 29.8. The lowest BCUT2D eigenvalue weighted by Crippen LogP contribution is -2.45. The molecule has 0 aliphatic heterocycles. The minimum absolute atomic E-state index is 0.00857. The Morgan fingerprint density at radius 3 is 1.13 bits per heavy atom. The predicted molar refractivity (Wildman–Crippen MR) is 292 cm³/mol. The molecular weight excluding hydrogens is 827 g/mol. The van der Waals surface area contributed by atoms with Crippen LogP contribution in [0.15, 0.2) is 36.5 Å². The van der Waals surface area contributed by atoms with Gasteiger partial charge in [-0.1, -0.05) is 275 Å². The highest BCUT2D eigenvalue weighted by Crippen LogP contribution is 2.16. The van der Waals surface area contributed by atoms with Crippen LogP contribution < -0.4 is 5.32 Å². The second-order valence-corrected chi connectivity index (χ2v) is 20.3. The van der Waals surface area contributed by atoms with Crippen molar-refractivity contribution in [1.82, 2.24) is 5.32 Å². The number of allylic oxidation sites excluding steroid dienone is 5. The van der Waals surface area contributed by atoms with Crippen LogP contribution in [-0.4, -0.2) is 47.4 Å². The Hall–Kier alpha value is -1.92. The summed E-state index contributed by atoms with van der Waals surface area (Å²) in [6.45, 7) is 4.90. The lowest BCUT2D eigenvalue weighted by Gasteiger charge is -2.20. The number of rotatable bonds is 55. The Bertz CT molecular complexity index is 1090. The Morgan fingerprint density at radius 1 is 0.418 bits per heavy atom. The molecule has 3 N–H and O–H groups in total. The van der Waals surface area contributed by atoms with Gasteiger partial charge in [-0.2, -0.15) is 0 Å². The highest BCUT2D eigenvalue weighted by molar-refractivity contribution is 5.76. The van der Waals surface area contributed by atoms with Crippen LogP contribution >= 0.6 is 0 Å². The van der Waals surface area contributed by atoms with Crippen molar-refractivity contribution >= 4 is 11.9 Å². The molecule has 0 heterocycles. The number of hydrogen-bond donors (Lipinski definition) is 3. The number of carbonyl (C=O) groups is 2. The molecule has 0 aliphatic carbocycles. The van der Waals surface area contributed by atoms with Gasteiger partial charge >= 0.3 is 5.97 Å². The second-order valence-electron chi connectivity index (χ2n) is 20.3. The van der Waals surface area contributed by atoms with Crippen molar-refractivity contribution in [3.8, 4) is 0 Å². The third-order valence-corrected chi connectivity index (χ3v) is 13.7. The molecule has 2 atom stereocenters. The summed E-state index contributed by atoms with van der Waals surface area (Å²) >= 11 is 0. The summed E-state index contributed by atoms with van der Waals surface area (Å²) < 4.78 is 5.48. The van der Waals surface area contributed by atoms with E-state index >= 15 is 0 Å². The Balaban J connectivity index is 3.46. The molecule has 0 saturated heterocycles. The minimum Gasteiger partial charge on any atom is -0.466 e. The maximum absolute atomic E-state index is 12.4. The molecule has 2 unspecified atom stereocenters. The van der Waals surface area contributed by atoms with E-state index in [1.165, 1.54) is 231 Å². The lowest BCUT2D eigenvalue weighted by molar-refractivity contribution is -0.143.